The first-order valence-electron chi connectivity index (χ1n) is 24.3. The van der Waals surface area contributed by atoms with E-state index in [-0.39, 0.29) is 5.92 Å². The van der Waals surface area contributed by atoms with Gasteiger partial charge in [0.2, 0.25) is 0 Å². The van der Waals surface area contributed by atoms with Gasteiger partial charge in [0, 0.05) is 62.9 Å². The van der Waals surface area contributed by atoms with Gasteiger partial charge in [-0.2, -0.15) is 0 Å². The lowest BCUT2D eigenvalue weighted by molar-refractivity contribution is 0.717. The van der Waals surface area contributed by atoms with Crippen molar-refractivity contribution in [2.75, 3.05) is 4.90 Å². The second-order valence-corrected chi connectivity index (χ2v) is 20.9. The van der Waals surface area contributed by atoms with Crippen LogP contribution in [0.3, 0.4) is 0 Å². The highest BCUT2D eigenvalue weighted by Gasteiger charge is 2.27. The number of benzene rings is 11. The SMILES string of the molecule is c1ccc(-c2ccc(N3c4ccc(-c5cccc(-c6cccc(C(CCc7ccc8c(c7)sc7ccccc78)c7ccc8c(c7)sc7ccccc78)c6)c5)cc4-c4cccc5cccc3c45)cc2)cc1. The monoisotopic (exact) mass is 927 g/mol. The molecule has 0 amide bonds. The largest absolute Gasteiger partial charge is 0.309 e. The fourth-order valence-electron chi connectivity index (χ4n) is 11.2. The van der Waals surface area contributed by atoms with E-state index >= 15 is 0 Å². The van der Waals surface area contributed by atoms with Gasteiger partial charge >= 0.3 is 0 Å². The number of anilines is 3. The Labute approximate surface area is 415 Å². The molecule has 3 heterocycles. The fraction of sp³-hybridized carbons (Fsp3) is 0.0448. The molecule has 1 aliphatic rings. The molecule has 0 bridgehead atoms. The topological polar surface area (TPSA) is 3.24 Å². The molecule has 1 aliphatic heterocycles. The van der Waals surface area contributed by atoms with Gasteiger partial charge in [-0.3, -0.25) is 0 Å². The third-order valence-corrected chi connectivity index (χ3v) is 16.9. The van der Waals surface area contributed by atoms with Gasteiger partial charge in [0.05, 0.1) is 11.4 Å². The quantitative estimate of drug-likeness (QED) is 0.139. The molecule has 0 saturated heterocycles. The molecule has 0 N–H and O–H groups in total. The van der Waals surface area contributed by atoms with Crippen LogP contribution >= 0.6 is 22.7 Å². The van der Waals surface area contributed by atoms with Crippen molar-refractivity contribution in [1.82, 2.24) is 0 Å². The molecule has 13 aromatic rings. The molecule has 0 aliphatic carbocycles. The summed E-state index contributed by atoms with van der Waals surface area (Å²) in [7, 11) is 0. The molecule has 0 saturated carbocycles. The molecule has 70 heavy (non-hydrogen) atoms. The molecule has 2 aromatic heterocycles. The maximum Gasteiger partial charge on any atom is 0.0546 e. The maximum atomic E-state index is 2.48. The number of fused-ring (bicyclic) bond motifs is 8. The number of hydrogen-bond donors (Lipinski definition) is 0. The zero-order valence-corrected chi connectivity index (χ0v) is 40.0. The standard InChI is InChI=1S/C67H45NS2/c1-2-12-44(13-3-1)45-28-32-53(33-29-45)68-61-37-31-50(41-60(61)59-22-10-14-46-15-11-23-62(68)67(46)59)48-17-8-16-47(39-48)49-18-9-19-51(40-49)54(52-30-36-58-56-21-5-7-25-64(56)70-66(58)42-52)34-26-43-27-35-57-55-20-4-6-24-63(55)69-65(57)38-43/h1-25,27-33,35-42,54H,26,34H2. The van der Waals surface area contributed by atoms with E-state index in [1.54, 1.807) is 0 Å². The van der Waals surface area contributed by atoms with Gasteiger partial charge in [-0.25, -0.2) is 0 Å². The van der Waals surface area contributed by atoms with Crippen LogP contribution in [0.25, 0.3) is 95.6 Å². The summed E-state index contributed by atoms with van der Waals surface area (Å²) in [5.74, 6) is 0.222. The normalized spacial score (nSPS) is 12.6. The molecule has 0 spiro atoms. The molecule has 11 aromatic carbocycles. The van der Waals surface area contributed by atoms with Crippen LogP contribution < -0.4 is 4.90 Å². The van der Waals surface area contributed by atoms with E-state index in [0.29, 0.717) is 0 Å². The van der Waals surface area contributed by atoms with E-state index in [9.17, 15) is 0 Å². The van der Waals surface area contributed by atoms with E-state index in [2.05, 4.69) is 248 Å². The summed E-state index contributed by atoms with van der Waals surface area (Å²) in [4.78, 5) is 2.45. The Morgan fingerprint density at radius 3 is 1.69 bits per heavy atom. The summed E-state index contributed by atoms with van der Waals surface area (Å²) in [6, 6.07) is 90.7. The highest BCUT2D eigenvalue weighted by Crippen LogP contribution is 2.52. The Hall–Kier alpha value is -8.08. The van der Waals surface area contributed by atoms with Gasteiger partial charge in [0.25, 0.3) is 0 Å². The third kappa shape index (κ3) is 7.04. The van der Waals surface area contributed by atoms with Crippen LogP contribution in [0.15, 0.2) is 243 Å². The van der Waals surface area contributed by atoms with Crippen LogP contribution in [0.4, 0.5) is 17.1 Å². The molecule has 14 rings (SSSR count). The third-order valence-electron chi connectivity index (χ3n) is 14.7. The van der Waals surface area contributed by atoms with Gasteiger partial charge in [0.15, 0.2) is 0 Å². The molecule has 330 valence electrons. The molecular formula is C67H45NS2. The molecule has 1 atom stereocenters. The molecule has 3 heteroatoms. The average molecular weight is 928 g/mol. The minimum Gasteiger partial charge on any atom is -0.309 e. The van der Waals surface area contributed by atoms with Gasteiger partial charge in [-0.05, 0) is 135 Å². The van der Waals surface area contributed by atoms with Crippen molar-refractivity contribution in [3.63, 3.8) is 0 Å². The number of aryl methyl sites for hydroxylation is 1. The maximum absolute atomic E-state index is 2.48. The Kier molecular flexibility index (Phi) is 9.86. The van der Waals surface area contributed by atoms with Crippen LogP contribution in [0.2, 0.25) is 0 Å². The van der Waals surface area contributed by atoms with Gasteiger partial charge in [0.1, 0.15) is 0 Å². The van der Waals surface area contributed by atoms with Crippen molar-refractivity contribution >= 4 is 90.9 Å². The van der Waals surface area contributed by atoms with Crippen LogP contribution in [-0.4, -0.2) is 0 Å². The lowest BCUT2D eigenvalue weighted by Crippen LogP contribution is -2.15. The predicted molar refractivity (Wildman–Crippen MR) is 303 cm³/mol. The molecule has 1 nitrogen and oxygen atoms in total. The Morgan fingerprint density at radius 1 is 0.343 bits per heavy atom. The number of nitrogens with zero attached hydrogens (tertiary/aromatic N) is 1. The summed E-state index contributed by atoms with van der Waals surface area (Å²) in [5.41, 5.74) is 17.5. The van der Waals surface area contributed by atoms with Crippen LogP contribution in [0, 0.1) is 0 Å². The van der Waals surface area contributed by atoms with E-state index in [1.165, 1.54) is 124 Å². The first-order chi connectivity index (χ1) is 34.7. The van der Waals surface area contributed by atoms with Crippen molar-refractivity contribution in [2.45, 2.75) is 18.8 Å². The number of rotatable bonds is 9. The molecule has 1 unspecified atom stereocenters. The van der Waals surface area contributed by atoms with Crippen molar-refractivity contribution in [1.29, 1.82) is 0 Å². The van der Waals surface area contributed by atoms with Crippen LogP contribution in [0.5, 0.6) is 0 Å². The summed E-state index contributed by atoms with van der Waals surface area (Å²) in [6.07, 6.45) is 2.00. The van der Waals surface area contributed by atoms with E-state index in [4.69, 9.17) is 0 Å². The Bertz CT molecular complexity index is 4130. The Balaban J connectivity index is 0.825. The second kappa shape index (κ2) is 16.9. The number of thiophene rings is 2. The van der Waals surface area contributed by atoms with Crippen LogP contribution in [-0.2, 0) is 6.42 Å². The first kappa shape index (κ1) is 40.9. The van der Waals surface area contributed by atoms with Crippen molar-refractivity contribution in [3.8, 4) is 44.5 Å². The minimum absolute atomic E-state index is 0.222. The van der Waals surface area contributed by atoms with Gasteiger partial charge < -0.3 is 4.90 Å². The highest BCUT2D eigenvalue weighted by molar-refractivity contribution is 7.26. The highest BCUT2D eigenvalue weighted by atomic mass is 32.1. The van der Waals surface area contributed by atoms with Crippen molar-refractivity contribution < 1.29 is 0 Å². The van der Waals surface area contributed by atoms with E-state index < -0.39 is 0 Å². The van der Waals surface area contributed by atoms with E-state index in [1.807, 2.05) is 22.7 Å². The lowest BCUT2D eigenvalue weighted by Gasteiger charge is -2.34. The first-order valence-corrected chi connectivity index (χ1v) is 25.9. The Morgan fingerprint density at radius 2 is 0.914 bits per heavy atom. The van der Waals surface area contributed by atoms with Gasteiger partial charge in [-0.15, -0.1) is 22.7 Å². The lowest BCUT2D eigenvalue weighted by atomic mass is 9.84. The van der Waals surface area contributed by atoms with Crippen molar-refractivity contribution in [3.05, 3.63) is 259 Å². The summed E-state index contributed by atoms with van der Waals surface area (Å²) in [5, 5.41) is 7.93. The summed E-state index contributed by atoms with van der Waals surface area (Å²) < 4.78 is 5.42. The molecule has 0 fully saturated rings. The zero-order chi connectivity index (χ0) is 46.1. The zero-order valence-electron chi connectivity index (χ0n) is 38.3. The van der Waals surface area contributed by atoms with Gasteiger partial charge in [-0.1, -0.05) is 182 Å². The molecule has 0 radical (unpaired) electrons. The fourth-order valence-corrected chi connectivity index (χ4v) is 13.6. The molecular weight excluding hydrogens is 883 g/mol. The minimum atomic E-state index is 0.222. The average Bonchev–Trinajstić information content (AvgIpc) is 3.99. The summed E-state index contributed by atoms with van der Waals surface area (Å²) >= 11 is 3.81. The van der Waals surface area contributed by atoms with Crippen LogP contribution in [0.1, 0.15) is 29.0 Å². The van der Waals surface area contributed by atoms with E-state index in [0.717, 1.165) is 18.5 Å². The second-order valence-electron chi connectivity index (χ2n) is 18.7. The number of hydrogen-bond acceptors (Lipinski definition) is 3. The summed E-state index contributed by atoms with van der Waals surface area (Å²) in [6.45, 7) is 0. The smallest absolute Gasteiger partial charge is 0.0546 e. The van der Waals surface area contributed by atoms with Crippen molar-refractivity contribution in [2.24, 2.45) is 0 Å². The predicted octanol–water partition coefficient (Wildman–Crippen LogP) is 19.8.